The van der Waals surface area contributed by atoms with Crippen molar-refractivity contribution in [1.82, 2.24) is 0 Å². The first-order valence-corrected chi connectivity index (χ1v) is 8.07. The number of halogens is 2. The number of hydrogen-bond donors (Lipinski definition) is 1. The molecule has 0 aromatic heterocycles. The number of aryl methyl sites for hydroxylation is 1. The molecule has 1 atom stereocenters. The fraction of sp³-hybridized carbons (Fsp3) is 0.176. The smallest absolute Gasteiger partial charge is 0.340 e. The second-order valence-electron chi connectivity index (χ2n) is 5.03. The summed E-state index contributed by atoms with van der Waals surface area (Å²) in [6.07, 6.45) is -0.946. The number of esters is 1. The van der Waals surface area contributed by atoms with Gasteiger partial charge in [-0.3, -0.25) is 4.79 Å². The Balaban J connectivity index is 2.03. The third-order valence-electron chi connectivity index (χ3n) is 3.09. The van der Waals surface area contributed by atoms with E-state index in [9.17, 15) is 9.59 Å². The van der Waals surface area contributed by atoms with E-state index >= 15 is 0 Å². The van der Waals surface area contributed by atoms with Crippen molar-refractivity contribution in [3.8, 4) is 0 Å². The summed E-state index contributed by atoms with van der Waals surface area (Å²) in [6.45, 7) is 3.43. The third kappa shape index (κ3) is 4.81. The number of rotatable bonds is 4. The van der Waals surface area contributed by atoms with Crippen LogP contribution in [0.1, 0.15) is 22.8 Å². The van der Waals surface area contributed by atoms with Gasteiger partial charge in [-0.05, 0) is 49.7 Å². The molecular weight excluding hydrogens is 382 g/mol. The summed E-state index contributed by atoms with van der Waals surface area (Å²) >= 11 is 9.24. The molecule has 2 aromatic carbocycles. The van der Waals surface area contributed by atoms with Crippen molar-refractivity contribution in [3.63, 3.8) is 0 Å². The van der Waals surface area contributed by atoms with Crippen LogP contribution in [0.2, 0.25) is 5.02 Å². The Hall–Kier alpha value is -1.85. The van der Waals surface area contributed by atoms with Gasteiger partial charge in [0.2, 0.25) is 0 Å². The minimum absolute atomic E-state index is 0.205. The Kier molecular flexibility index (Phi) is 5.80. The summed E-state index contributed by atoms with van der Waals surface area (Å²) in [5.41, 5.74) is 1.88. The van der Waals surface area contributed by atoms with Crippen LogP contribution in [0, 0.1) is 6.92 Å². The molecule has 0 heterocycles. The average molecular weight is 397 g/mol. The van der Waals surface area contributed by atoms with Gasteiger partial charge in [0.15, 0.2) is 6.10 Å². The standard InChI is InChI=1S/C17H15BrClNO3/c1-10-4-3-5-13(8-10)20-16(21)11(2)23-17(22)14-9-12(18)6-7-15(14)19/h3-9,11H,1-2H3,(H,20,21). The van der Waals surface area contributed by atoms with Gasteiger partial charge in [-0.1, -0.05) is 39.7 Å². The number of amides is 1. The number of carbonyl (C=O) groups excluding carboxylic acids is 2. The van der Waals surface area contributed by atoms with Gasteiger partial charge in [-0.15, -0.1) is 0 Å². The van der Waals surface area contributed by atoms with Crippen LogP contribution in [0.25, 0.3) is 0 Å². The molecule has 0 saturated heterocycles. The molecule has 0 aliphatic heterocycles. The SMILES string of the molecule is Cc1cccc(NC(=O)C(C)OC(=O)c2cc(Br)ccc2Cl)c1. The van der Waals surface area contributed by atoms with Gasteiger partial charge in [0.25, 0.3) is 5.91 Å². The molecule has 1 unspecified atom stereocenters. The summed E-state index contributed by atoms with van der Waals surface area (Å²) in [5, 5.41) is 2.97. The van der Waals surface area contributed by atoms with Crippen molar-refractivity contribution in [3.05, 3.63) is 63.1 Å². The molecule has 0 spiro atoms. The third-order valence-corrected chi connectivity index (χ3v) is 3.91. The largest absolute Gasteiger partial charge is 0.449 e. The van der Waals surface area contributed by atoms with Gasteiger partial charge >= 0.3 is 5.97 Å². The van der Waals surface area contributed by atoms with Gasteiger partial charge in [0, 0.05) is 10.2 Å². The average Bonchev–Trinajstić information content (AvgIpc) is 2.49. The molecule has 4 nitrogen and oxygen atoms in total. The zero-order valence-electron chi connectivity index (χ0n) is 12.6. The highest BCUT2D eigenvalue weighted by Crippen LogP contribution is 2.22. The molecular formula is C17H15BrClNO3. The van der Waals surface area contributed by atoms with Crippen LogP contribution >= 0.6 is 27.5 Å². The van der Waals surface area contributed by atoms with Crippen LogP contribution in [-0.2, 0) is 9.53 Å². The Labute approximate surface area is 147 Å². The van der Waals surface area contributed by atoms with E-state index in [0.717, 1.165) is 5.56 Å². The predicted molar refractivity (Wildman–Crippen MR) is 93.8 cm³/mol. The second-order valence-corrected chi connectivity index (χ2v) is 6.35. The predicted octanol–water partition coefficient (Wildman–Crippen LogP) is 4.59. The lowest BCUT2D eigenvalue weighted by Gasteiger charge is -2.14. The molecule has 1 N–H and O–H groups in total. The van der Waals surface area contributed by atoms with E-state index in [2.05, 4.69) is 21.2 Å². The van der Waals surface area contributed by atoms with Crippen LogP contribution in [0.15, 0.2) is 46.9 Å². The lowest BCUT2D eigenvalue weighted by atomic mass is 10.2. The maximum atomic E-state index is 12.1. The quantitative estimate of drug-likeness (QED) is 0.769. The van der Waals surface area contributed by atoms with E-state index in [1.54, 1.807) is 24.3 Å². The minimum Gasteiger partial charge on any atom is -0.449 e. The fourth-order valence-corrected chi connectivity index (χ4v) is 2.45. The Bertz CT molecular complexity index is 748. The van der Waals surface area contributed by atoms with Crippen LogP contribution < -0.4 is 5.32 Å². The van der Waals surface area contributed by atoms with Gasteiger partial charge < -0.3 is 10.1 Å². The number of carbonyl (C=O) groups is 2. The van der Waals surface area contributed by atoms with Gasteiger partial charge in [-0.2, -0.15) is 0 Å². The number of nitrogens with one attached hydrogen (secondary N) is 1. The minimum atomic E-state index is -0.946. The number of ether oxygens (including phenoxy) is 1. The van der Waals surface area contributed by atoms with Crippen LogP contribution in [0.3, 0.4) is 0 Å². The van der Waals surface area contributed by atoms with E-state index in [1.165, 1.54) is 6.92 Å². The van der Waals surface area contributed by atoms with Gasteiger partial charge in [0.05, 0.1) is 10.6 Å². The van der Waals surface area contributed by atoms with E-state index in [1.807, 2.05) is 25.1 Å². The second kappa shape index (κ2) is 7.62. The molecule has 0 bridgehead atoms. The Morgan fingerprint density at radius 3 is 2.65 bits per heavy atom. The normalized spacial score (nSPS) is 11.7. The zero-order valence-corrected chi connectivity index (χ0v) is 14.9. The molecule has 2 aromatic rings. The number of hydrogen-bond acceptors (Lipinski definition) is 3. The van der Waals surface area contributed by atoms with E-state index in [0.29, 0.717) is 10.2 Å². The van der Waals surface area contributed by atoms with Gasteiger partial charge in [0.1, 0.15) is 0 Å². The highest BCUT2D eigenvalue weighted by Gasteiger charge is 2.21. The van der Waals surface area contributed by atoms with Crippen LogP contribution in [-0.4, -0.2) is 18.0 Å². The first kappa shape index (κ1) is 17.5. The summed E-state index contributed by atoms with van der Waals surface area (Å²) in [7, 11) is 0. The van der Waals surface area contributed by atoms with E-state index in [-0.39, 0.29) is 10.6 Å². The molecule has 1 amide bonds. The monoisotopic (exact) mass is 395 g/mol. The molecule has 0 fully saturated rings. The lowest BCUT2D eigenvalue weighted by molar-refractivity contribution is -0.123. The summed E-state index contributed by atoms with van der Waals surface area (Å²) in [5.74, 6) is -1.06. The topological polar surface area (TPSA) is 55.4 Å². The van der Waals surface area contributed by atoms with Gasteiger partial charge in [-0.25, -0.2) is 4.79 Å². The number of anilines is 1. The lowest BCUT2D eigenvalue weighted by Crippen LogP contribution is -2.30. The van der Waals surface area contributed by atoms with Crippen molar-refractivity contribution >= 4 is 45.1 Å². The van der Waals surface area contributed by atoms with E-state index in [4.69, 9.17) is 16.3 Å². The number of benzene rings is 2. The molecule has 0 aliphatic carbocycles. The highest BCUT2D eigenvalue weighted by molar-refractivity contribution is 9.10. The first-order chi connectivity index (χ1) is 10.9. The molecule has 0 aliphatic rings. The summed E-state index contributed by atoms with van der Waals surface area (Å²) in [6, 6.07) is 12.2. The first-order valence-electron chi connectivity index (χ1n) is 6.90. The van der Waals surface area contributed by atoms with Crippen molar-refractivity contribution in [1.29, 1.82) is 0 Å². The molecule has 120 valence electrons. The summed E-state index contributed by atoms with van der Waals surface area (Å²) < 4.78 is 5.88. The molecule has 6 heteroatoms. The van der Waals surface area contributed by atoms with Crippen LogP contribution in [0.4, 0.5) is 5.69 Å². The highest BCUT2D eigenvalue weighted by atomic mass is 79.9. The fourth-order valence-electron chi connectivity index (χ4n) is 1.90. The molecule has 0 saturated carbocycles. The maximum Gasteiger partial charge on any atom is 0.340 e. The van der Waals surface area contributed by atoms with Crippen molar-refractivity contribution in [2.75, 3.05) is 5.32 Å². The van der Waals surface area contributed by atoms with Crippen molar-refractivity contribution in [2.45, 2.75) is 20.0 Å². The zero-order chi connectivity index (χ0) is 17.0. The van der Waals surface area contributed by atoms with Crippen molar-refractivity contribution < 1.29 is 14.3 Å². The summed E-state index contributed by atoms with van der Waals surface area (Å²) in [4.78, 5) is 24.2. The Morgan fingerprint density at radius 1 is 1.22 bits per heavy atom. The van der Waals surface area contributed by atoms with Crippen molar-refractivity contribution in [2.24, 2.45) is 0 Å². The van der Waals surface area contributed by atoms with Crippen LogP contribution in [0.5, 0.6) is 0 Å². The van der Waals surface area contributed by atoms with E-state index < -0.39 is 18.0 Å². The molecule has 23 heavy (non-hydrogen) atoms. The molecule has 2 rings (SSSR count). The maximum absolute atomic E-state index is 12.1. The molecule has 0 radical (unpaired) electrons. The Morgan fingerprint density at radius 2 is 1.96 bits per heavy atom.